The molecule has 1 aliphatic rings. The summed E-state index contributed by atoms with van der Waals surface area (Å²) in [6, 6.07) is 8.44. The van der Waals surface area contributed by atoms with Crippen molar-refractivity contribution in [1.82, 2.24) is 0 Å². The van der Waals surface area contributed by atoms with Crippen LogP contribution in [0.1, 0.15) is 49.7 Å². The molecule has 0 bridgehead atoms. The summed E-state index contributed by atoms with van der Waals surface area (Å²) in [6.07, 6.45) is 5.22. The fraction of sp³-hybridized carbons (Fsp3) is 0.500. The summed E-state index contributed by atoms with van der Waals surface area (Å²) in [5, 5.41) is 9.06. The van der Waals surface area contributed by atoms with E-state index in [1.165, 1.54) is 36.8 Å². The molecule has 2 atom stereocenters. The molecule has 0 aromatic heterocycles. The van der Waals surface area contributed by atoms with Crippen LogP contribution in [0.3, 0.4) is 0 Å². The normalized spacial score (nSPS) is 24.6. The molecule has 2 rings (SSSR count). The Kier molecular flexibility index (Phi) is 4.01. The van der Waals surface area contributed by atoms with Crippen molar-refractivity contribution < 1.29 is 5.11 Å². The second kappa shape index (κ2) is 5.50. The molecule has 0 amide bonds. The van der Waals surface area contributed by atoms with Gasteiger partial charge in [0.15, 0.2) is 0 Å². The van der Waals surface area contributed by atoms with E-state index in [-0.39, 0.29) is 6.61 Å². The molecule has 1 aromatic carbocycles. The van der Waals surface area contributed by atoms with Crippen molar-refractivity contribution in [1.29, 1.82) is 0 Å². The largest absolute Gasteiger partial charge is 0.392 e. The van der Waals surface area contributed by atoms with Gasteiger partial charge in [-0.2, -0.15) is 0 Å². The minimum absolute atomic E-state index is 0.134. The van der Waals surface area contributed by atoms with Gasteiger partial charge in [-0.15, -0.1) is 0 Å². The lowest BCUT2D eigenvalue weighted by molar-refractivity contribution is 0.281. The highest BCUT2D eigenvalue weighted by Crippen LogP contribution is 2.41. The molecule has 1 nitrogen and oxygen atoms in total. The lowest BCUT2D eigenvalue weighted by Crippen LogP contribution is -2.18. The van der Waals surface area contributed by atoms with Gasteiger partial charge < -0.3 is 5.11 Å². The van der Waals surface area contributed by atoms with Gasteiger partial charge in [0.1, 0.15) is 0 Å². The molecular formula is C16H22O. The van der Waals surface area contributed by atoms with Crippen LogP contribution in [-0.4, -0.2) is 5.11 Å². The molecule has 1 N–H and O–H groups in total. The highest BCUT2D eigenvalue weighted by Gasteiger charge is 2.26. The van der Waals surface area contributed by atoms with E-state index in [0.717, 1.165) is 5.56 Å². The van der Waals surface area contributed by atoms with Gasteiger partial charge in [-0.05, 0) is 42.7 Å². The number of hydrogen-bond donors (Lipinski definition) is 1. The summed E-state index contributed by atoms with van der Waals surface area (Å²) >= 11 is 0. The quantitative estimate of drug-likeness (QED) is 0.777. The first-order valence-corrected chi connectivity index (χ1v) is 6.57. The van der Waals surface area contributed by atoms with Crippen LogP contribution in [-0.2, 0) is 6.61 Å². The van der Waals surface area contributed by atoms with E-state index in [9.17, 15) is 0 Å². The Morgan fingerprint density at radius 3 is 2.47 bits per heavy atom. The SMILES string of the molecule is C=C(C)[C@@H]1CCCC[C@H]1c1ccc(CO)cc1. The highest BCUT2D eigenvalue weighted by molar-refractivity contribution is 5.27. The summed E-state index contributed by atoms with van der Waals surface area (Å²) < 4.78 is 0. The van der Waals surface area contributed by atoms with E-state index < -0.39 is 0 Å². The maximum absolute atomic E-state index is 9.06. The summed E-state index contributed by atoms with van der Waals surface area (Å²) in [4.78, 5) is 0. The molecule has 0 saturated heterocycles. The van der Waals surface area contributed by atoms with Crippen molar-refractivity contribution in [2.75, 3.05) is 0 Å². The van der Waals surface area contributed by atoms with Crippen LogP contribution < -0.4 is 0 Å². The lowest BCUT2D eigenvalue weighted by Gasteiger charge is -2.32. The van der Waals surface area contributed by atoms with Gasteiger partial charge in [-0.1, -0.05) is 49.3 Å². The van der Waals surface area contributed by atoms with Gasteiger partial charge in [0.05, 0.1) is 6.61 Å². The van der Waals surface area contributed by atoms with Crippen LogP contribution in [0.4, 0.5) is 0 Å². The Labute approximate surface area is 104 Å². The Morgan fingerprint density at radius 2 is 1.88 bits per heavy atom. The van der Waals surface area contributed by atoms with E-state index in [1.807, 2.05) is 12.1 Å². The molecule has 0 aliphatic heterocycles. The van der Waals surface area contributed by atoms with Crippen LogP contribution in [0, 0.1) is 5.92 Å². The first-order valence-electron chi connectivity index (χ1n) is 6.57. The Balaban J connectivity index is 2.20. The van der Waals surface area contributed by atoms with Crippen LogP contribution >= 0.6 is 0 Å². The lowest BCUT2D eigenvalue weighted by atomic mass is 9.73. The molecule has 0 heterocycles. The third-order valence-electron chi connectivity index (χ3n) is 3.99. The van der Waals surface area contributed by atoms with E-state index in [4.69, 9.17) is 5.11 Å². The molecular weight excluding hydrogens is 208 g/mol. The maximum Gasteiger partial charge on any atom is 0.0681 e. The van der Waals surface area contributed by atoms with Crippen LogP contribution in [0.5, 0.6) is 0 Å². The first kappa shape index (κ1) is 12.4. The maximum atomic E-state index is 9.06. The van der Waals surface area contributed by atoms with E-state index in [2.05, 4.69) is 25.6 Å². The molecule has 92 valence electrons. The highest BCUT2D eigenvalue weighted by atomic mass is 16.3. The van der Waals surface area contributed by atoms with Crippen molar-refractivity contribution in [3.05, 3.63) is 47.5 Å². The standard InChI is InChI=1S/C16H22O/c1-12(2)15-5-3-4-6-16(15)14-9-7-13(11-17)8-10-14/h7-10,15-17H,1,3-6,11H2,2H3/t15-,16-/m0/s1. The molecule has 17 heavy (non-hydrogen) atoms. The number of rotatable bonds is 3. The van der Waals surface area contributed by atoms with Crippen molar-refractivity contribution >= 4 is 0 Å². The molecule has 1 saturated carbocycles. The number of aliphatic hydroxyl groups is 1. The molecule has 1 aromatic rings. The average molecular weight is 230 g/mol. The predicted octanol–water partition coefficient (Wildman–Crippen LogP) is 4.03. The van der Waals surface area contributed by atoms with E-state index in [1.54, 1.807) is 0 Å². The first-order chi connectivity index (χ1) is 8.22. The summed E-state index contributed by atoms with van der Waals surface area (Å²) in [5.74, 6) is 1.28. The average Bonchev–Trinajstić information content (AvgIpc) is 2.39. The zero-order valence-electron chi connectivity index (χ0n) is 10.7. The predicted molar refractivity (Wildman–Crippen MR) is 71.9 cm³/mol. The second-order valence-corrected chi connectivity index (χ2v) is 5.24. The van der Waals surface area contributed by atoms with E-state index in [0.29, 0.717) is 11.8 Å². The fourth-order valence-corrected chi connectivity index (χ4v) is 2.99. The topological polar surface area (TPSA) is 20.2 Å². The van der Waals surface area contributed by atoms with Crippen molar-refractivity contribution in [2.45, 2.75) is 45.1 Å². The Hall–Kier alpha value is -1.08. The van der Waals surface area contributed by atoms with Gasteiger partial charge in [-0.25, -0.2) is 0 Å². The van der Waals surface area contributed by atoms with Gasteiger partial charge in [0.25, 0.3) is 0 Å². The molecule has 1 heteroatoms. The number of hydrogen-bond acceptors (Lipinski definition) is 1. The van der Waals surface area contributed by atoms with Crippen LogP contribution in [0.25, 0.3) is 0 Å². The summed E-state index contributed by atoms with van der Waals surface area (Å²) in [5.41, 5.74) is 3.73. The van der Waals surface area contributed by atoms with Crippen molar-refractivity contribution in [3.63, 3.8) is 0 Å². The van der Waals surface area contributed by atoms with Crippen molar-refractivity contribution in [3.8, 4) is 0 Å². The number of benzene rings is 1. The van der Waals surface area contributed by atoms with E-state index >= 15 is 0 Å². The zero-order chi connectivity index (χ0) is 12.3. The molecule has 0 radical (unpaired) electrons. The van der Waals surface area contributed by atoms with Crippen LogP contribution in [0.2, 0.25) is 0 Å². The third-order valence-corrected chi connectivity index (χ3v) is 3.99. The molecule has 0 spiro atoms. The molecule has 1 aliphatic carbocycles. The minimum atomic E-state index is 0.134. The summed E-state index contributed by atoms with van der Waals surface area (Å²) in [7, 11) is 0. The Morgan fingerprint density at radius 1 is 1.24 bits per heavy atom. The van der Waals surface area contributed by atoms with Gasteiger partial charge in [0.2, 0.25) is 0 Å². The Bertz CT molecular complexity index is 377. The van der Waals surface area contributed by atoms with Gasteiger partial charge in [0, 0.05) is 0 Å². The fourth-order valence-electron chi connectivity index (χ4n) is 2.99. The van der Waals surface area contributed by atoms with Crippen molar-refractivity contribution in [2.24, 2.45) is 5.92 Å². The molecule has 1 fully saturated rings. The number of aliphatic hydroxyl groups excluding tert-OH is 1. The minimum Gasteiger partial charge on any atom is -0.392 e. The summed E-state index contributed by atoms with van der Waals surface area (Å²) in [6.45, 7) is 6.44. The number of allylic oxidation sites excluding steroid dienone is 1. The zero-order valence-corrected chi connectivity index (χ0v) is 10.7. The third kappa shape index (κ3) is 2.78. The van der Waals surface area contributed by atoms with Gasteiger partial charge in [-0.3, -0.25) is 0 Å². The molecule has 0 unspecified atom stereocenters. The second-order valence-electron chi connectivity index (χ2n) is 5.24. The smallest absolute Gasteiger partial charge is 0.0681 e. The monoisotopic (exact) mass is 230 g/mol. The van der Waals surface area contributed by atoms with Gasteiger partial charge >= 0.3 is 0 Å². The van der Waals surface area contributed by atoms with Crippen LogP contribution in [0.15, 0.2) is 36.4 Å².